The summed E-state index contributed by atoms with van der Waals surface area (Å²) in [6.07, 6.45) is 0. The molecule has 0 spiro atoms. The molecule has 16 heavy (non-hydrogen) atoms. The summed E-state index contributed by atoms with van der Waals surface area (Å²) in [4.78, 5) is 0. The van der Waals surface area contributed by atoms with Gasteiger partial charge in [-0.3, -0.25) is 0 Å². The van der Waals surface area contributed by atoms with Crippen LogP contribution in [0.1, 0.15) is 11.1 Å². The minimum absolute atomic E-state index is 0.171. The normalized spacial score (nSPS) is 9.25. The molecule has 2 aromatic carbocycles. The Hall–Kier alpha value is -1.70. The van der Waals surface area contributed by atoms with Crippen molar-refractivity contribution in [1.82, 2.24) is 0 Å². The molecule has 0 saturated heterocycles. The van der Waals surface area contributed by atoms with Crippen molar-refractivity contribution in [3.05, 3.63) is 71.3 Å². The van der Waals surface area contributed by atoms with Crippen LogP contribution in [0.2, 0.25) is 0 Å². The van der Waals surface area contributed by atoms with Crippen molar-refractivity contribution in [1.29, 1.82) is 0 Å². The van der Waals surface area contributed by atoms with Gasteiger partial charge in [0, 0.05) is 0 Å². The standard InChI is InChI=1S/2C7H7F/c2*1-6-2-4-7(8)5-3-6/h2*2-5H,1H3. The molecule has 0 aromatic heterocycles. The summed E-state index contributed by atoms with van der Waals surface area (Å²) in [5.74, 6) is -0.341. The molecule has 0 unspecified atom stereocenters. The van der Waals surface area contributed by atoms with Crippen LogP contribution in [0.15, 0.2) is 48.5 Å². The van der Waals surface area contributed by atoms with Gasteiger partial charge in [-0.15, -0.1) is 0 Å². The van der Waals surface area contributed by atoms with Crippen molar-refractivity contribution in [2.24, 2.45) is 0 Å². The molecule has 0 N–H and O–H groups in total. The van der Waals surface area contributed by atoms with Gasteiger partial charge < -0.3 is 0 Å². The monoisotopic (exact) mass is 220 g/mol. The van der Waals surface area contributed by atoms with E-state index in [1.165, 1.54) is 24.3 Å². The number of hydrogen-bond acceptors (Lipinski definition) is 0. The van der Waals surface area contributed by atoms with Crippen molar-refractivity contribution >= 4 is 0 Å². The molecule has 2 heteroatoms. The molecule has 0 atom stereocenters. The Morgan fingerprint density at radius 3 is 1.00 bits per heavy atom. The molecule has 0 bridgehead atoms. The minimum Gasteiger partial charge on any atom is -0.207 e. The maximum absolute atomic E-state index is 12.1. The third kappa shape index (κ3) is 4.69. The van der Waals surface area contributed by atoms with Crippen molar-refractivity contribution in [2.75, 3.05) is 0 Å². The van der Waals surface area contributed by atoms with E-state index in [9.17, 15) is 8.78 Å². The first-order chi connectivity index (χ1) is 7.58. The Bertz CT molecular complexity index is 330. The third-order valence-corrected chi connectivity index (χ3v) is 2.02. The van der Waals surface area contributed by atoms with Gasteiger partial charge in [-0.25, -0.2) is 8.78 Å². The lowest BCUT2D eigenvalue weighted by Gasteiger charge is -1.87. The smallest absolute Gasteiger partial charge is 0.123 e. The van der Waals surface area contributed by atoms with Crippen LogP contribution in [0.4, 0.5) is 8.78 Å². The molecule has 0 radical (unpaired) electrons. The zero-order valence-corrected chi connectivity index (χ0v) is 9.37. The molecule has 2 aromatic rings. The second-order valence-corrected chi connectivity index (χ2v) is 3.59. The largest absolute Gasteiger partial charge is 0.207 e. The van der Waals surface area contributed by atoms with E-state index >= 15 is 0 Å². The molecule has 0 saturated carbocycles. The second-order valence-electron chi connectivity index (χ2n) is 3.59. The topological polar surface area (TPSA) is 0 Å². The van der Waals surface area contributed by atoms with Gasteiger partial charge in [0.05, 0.1) is 0 Å². The van der Waals surface area contributed by atoms with Crippen LogP contribution in [0.25, 0.3) is 0 Å². The van der Waals surface area contributed by atoms with E-state index in [0.717, 1.165) is 11.1 Å². The van der Waals surface area contributed by atoms with Crippen LogP contribution >= 0.6 is 0 Å². The molecule has 0 heterocycles. The van der Waals surface area contributed by atoms with Crippen LogP contribution < -0.4 is 0 Å². The van der Waals surface area contributed by atoms with Gasteiger partial charge in [0.15, 0.2) is 0 Å². The van der Waals surface area contributed by atoms with Crippen molar-refractivity contribution < 1.29 is 8.78 Å². The summed E-state index contributed by atoms with van der Waals surface area (Å²) in [5.41, 5.74) is 2.18. The third-order valence-electron chi connectivity index (χ3n) is 2.02. The van der Waals surface area contributed by atoms with Gasteiger partial charge in [-0.05, 0) is 38.1 Å². The highest BCUT2D eigenvalue weighted by atomic mass is 19.1. The maximum Gasteiger partial charge on any atom is 0.123 e. The average molecular weight is 220 g/mol. The lowest BCUT2D eigenvalue weighted by molar-refractivity contribution is 0.627. The van der Waals surface area contributed by atoms with Crippen LogP contribution in [-0.2, 0) is 0 Å². The van der Waals surface area contributed by atoms with Crippen LogP contribution in [-0.4, -0.2) is 0 Å². The fraction of sp³-hybridized carbons (Fsp3) is 0.143. The average Bonchev–Trinajstić information content (AvgIpc) is 2.28. The summed E-state index contributed by atoms with van der Waals surface area (Å²) in [5, 5.41) is 0. The first-order valence-electron chi connectivity index (χ1n) is 5.02. The van der Waals surface area contributed by atoms with Gasteiger partial charge in [0.2, 0.25) is 0 Å². The Kier molecular flexibility index (Phi) is 4.65. The Labute approximate surface area is 94.6 Å². The van der Waals surface area contributed by atoms with Gasteiger partial charge in [0.25, 0.3) is 0 Å². The van der Waals surface area contributed by atoms with Gasteiger partial charge >= 0.3 is 0 Å². The highest BCUT2D eigenvalue weighted by Gasteiger charge is 1.84. The lowest BCUT2D eigenvalue weighted by Crippen LogP contribution is -1.71. The van der Waals surface area contributed by atoms with E-state index in [2.05, 4.69) is 0 Å². The van der Waals surface area contributed by atoms with E-state index in [0.29, 0.717) is 0 Å². The van der Waals surface area contributed by atoms with Crippen molar-refractivity contribution in [3.63, 3.8) is 0 Å². The number of hydrogen-bond donors (Lipinski definition) is 0. The summed E-state index contributed by atoms with van der Waals surface area (Å²) >= 11 is 0. The zero-order valence-electron chi connectivity index (χ0n) is 9.37. The number of rotatable bonds is 0. The highest BCUT2D eigenvalue weighted by Crippen LogP contribution is 1.99. The van der Waals surface area contributed by atoms with E-state index in [1.54, 1.807) is 24.3 Å². The van der Waals surface area contributed by atoms with Crippen molar-refractivity contribution in [3.8, 4) is 0 Å². The van der Waals surface area contributed by atoms with Crippen LogP contribution in [0, 0.1) is 25.5 Å². The fourth-order valence-electron chi connectivity index (χ4n) is 1.07. The number of benzene rings is 2. The first-order valence-corrected chi connectivity index (χ1v) is 5.02. The Morgan fingerprint density at radius 1 is 0.562 bits per heavy atom. The number of aryl methyl sites for hydroxylation is 2. The lowest BCUT2D eigenvalue weighted by atomic mass is 10.2. The van der Waals surface area contributed by atoms with E-state index in [4.69, 9.17) is 0 Å². The molecular formula is C14H14F2. The van der Waals surface area contributed by atoms with Gasteiger partial charge in [0.1, 0.15) is 11.6 Å². The SMILES string of the molecule is Cc1ccc(F)cc1.Cc1ccc(F)cc1. The van der Waals surface area contributed by atoms with E-state index in [-0.39, 0.29) is 11.6 Å². The Morgan fingerprint density at radius 2 is 0.812 bits per heavy atom. The van der Waals surface area contributed by atoms with Crippen LogP contribution in [0.3, 0.4) is 0 Å². The van der Waals surface area contributed by atoms with Gasteiger partial charge in [-0.2, -0.15) is 0 Å². The van der Waals surface area contributed by atoms with E-state index in [1.807, 2.05) is 13.8 Å². The summed E-state index contributed by atoms with van der Waals surface area (Å²) in [6.45, 7) is 3.86. The van der Waals surface area contributed by atoms with E-state index < -0.39 is 0 Å². The second kappa shape index (κ2) is 6.01. The summed E-state index contributed by atoms with van der Waals surface area (Å²) in [7, 11) is 0. The number of halogens is 2. The molecule has 84 valence electrons. The molecule has 0 nitrogen and oxygen atoms in total. The molecular weight excluding hydrogens is 206 g/mol. The predicted octanol–water partition coefficient (Wildman–Crippen LogP) is 4.27. The maximum atomic E-state index is 12.1. The van der Waals surface area contributed by atoms with Crippen molar-refractivity contribution in [2.45, 2.75) is 13.8 Å². The highest BCUT2D eigenvalue weighted by molar-refractivity contribution is 5.14. The zero-order chi connectivity index (χ0) is 12.0. The Balaban J connectivity index is 0.000000160. The summed E-state index contributed by atoms with van der Waals surface area (Å²) < 4.78 is 24.2. The molecule has 0 aliphatic carbocycles. The molecule has 0 fully saturated rings. The quantitative estimate of drug-likeness (QED) is 0.622. The van der Waals surface area contributed by atoms with Gasteiger partial charge in [-0.1, -0.05) is 35.4 Å². The summed E-state index contributed by atoms with van der Waals surface area (Å²) in [6, 6.07) is 12.8. The molecule has 0 amide bonds. The molecule has 2 rings (SSSR count). The predicted molar refractivity (Wildman–Crippen MR) is 62.3 cm³/mol. The van der Waals surface area contributed by atoms with Crippen LogP contribution in [0.5, 0.6) is 0 Å². The minimum atomic E-state index is -0.171. The first kappa shape index (κ1) is 12.4. The molecule has 0 aliphatic rings. The fourth-order valence-corrected chi connectivity index (χ4v) is 1.07. The molecule has 0 aliphatic heterocycles.